The molecule has 0 aromatic heterocycles. The lowest BCUT2D eigenvalue weighted by Crippen LogP contribution is -2.19. The molecular weight excluding hydrogens is 327 g/mol. The highest BCUT2D eigenvalue weighted by molar-refractivity contribution is 7.80. The lowest BCUT2D eigenvalue weighted by Gasteiger charge is -2.11. The third kappa shape index (κ3) is 4.43. The van der Waals surface area contributed by atoms with Gasteiger partial charge in [-0.15, -0.1) is 0 Å². The maximum absolute atomic E-state index is 12.1. The van der Waals surface area contributed by atoms with Gasteiger partial charge < -0.3 is 11.1 Å². The van der Waals surface area contributed by atoms with E-state index >= 15 is 0 Å². The van der Waals surface area contributed by atoms with Gasteiger partial charge in [0, 0.05) is 15.6 Å². The first-order valence-corrected chi connectivity index (χ1v) is 7.26. The first-order chi connectivity index (χ1) is 9.95. The molecule has 3 nitrogen and oxygen atoms in total. The second-order valence-corrected chi connectivity index (χ2v) is 5.72. The summed E-state index contributed by atoms with van der Waals surface area (Å²) in [5.74, 6) is -0.183. The van der Waals surface area contributed by atoms with Crippen molar-refractivity contribution in [2.24, 2.45) is 5.73 Å². The van der Waals surface area contributed by atoms with Crippen LogP contribution >= 0.6 is 35.4 Å². The quantitative estimate of drug-likeness (QED) is 0.833. The molecule has 0 fully saturated rings. The van der Waals surface area contributed by atoms with Gasteiger partial charge in [0.05, 0.1) is 12.1 Å². The van der Waals surface area contributed by atoms with Crippen LogP contribution in [0.5, 0.6) is 0 Å². The zero-order valence-electron chi connectivity index (χ0n) is 10.9. The van der Waals surface area contributed by atoms with Gasteiger partial charge >= 0.3 is 0 Å². The SMILES string of the molecule is NC(=S)c1ccc(Cl)cc1NC(=O)Cc1ccc(Cl)cc1. The average Bonchev–Trinajstić information content (AvgIpc) is 2.41. The number of carbonyl (C=O) groups is 1. The molecule has 0 heterocycles. The van der Waals surface area contributed by atoms with Gasteiger partial charge in [-0.05, 0) is 35.9 Å². The van der Waals surface area contributed by atoms with Gasteiger partial charge in [-0.2, -0.15) is 0 Å². The van der Waals surface area contributed by atoms with Gasteiger partial charge in [-0.25, -0.2) is 0 Å². The third-order valence-corrected chi connectivity index (χ3v) is 3.51. The van der Waals surface area contributed by atoms with Crippen molar-refractivity contribution in [1.29, 1.82) is 0 Å². The summed E-state index contributed by atoms with van der Waals surface area (Å²) >= 11 is 16.7. The van der Waals surface area contributed by atoms with E-state index in [1.165, 1.54) is 0 Å². The Kier molecular flexibility index (Phi) is 5.17. The number of hydrogen-bond acceptors (Lipinski definition) is 2. The molecule has 0 aliphatic carbocycles. The molecule has 2 aromatic carbocycles. The van der Waals surface area contributed by atoms with E-state index in [1.54, 1.807) is 42.5 Å². The zero-order chi connectivity index (χ0) is 15.4. The Morgan fingerprint density at radius 1 is 1.10 bits per heavy atom. The zero-order valence-corrected chi connectivity index (χ0v) is 13.2. The fourth-order valence-corrected chi connectivity index (χ4v) is 2.29. The molecule has 0 spiro atoms. The lowest BCUT2D eigenvalue weighted by atomic mass is 10.1. The first kappa shape index (κ1) is 15.8. The minimum absolute atomic E-state index is 0.183. The van der Waals surface area contributed by atoms with Crippen LogP contribution in [0.4, 0.5) is 5.69 Å². The summed E-state index contributed by atoms with van der Waals surface area (Å²) in [4.78, 5) is 12.3. The highest BCUT2D eigenvalue weighted by atomic mass is 35.5. The highest BCUT2D eigenvalue weighted by Gasteiger charge is 2.10. The summed E-state index contributed by atoms with van der Waals surface area (Å²) in [6.07, 6.45) is 0.223. The molecule has 6 heteroatoms. The number of benzene rings is 2. The molecule has 0 bridgehead atoms. The normalized spacial score (nSPS) is 10.2. The molecule has 2 rings (SSSR count). The molecule has 108 valence electrons. The van der Waals surface area contributed by atoms with Crippen molar-refractivity contribution in [2.45, 2.75) is 6.42 Å². The summed E-state index contributed by atoms with van der Waals surface area (Å²) in [5, 5.41) is 3.90. The van der Waals surface area contributed by atoms with E-state index in [4.69, 9.17) is 41.2 Å². The molecular formula is C15H12Cl2N2OS. The number of nitrogens with two attached hydrogens (primary N) is 1. The lowest BCUT2D eigenvalue weighted by molar-refractivity contribution is -0.115. The largest absolute Gasteiger partial charge is 0.389 e. The Bertz CT molecular complexity index is 687. The average molecular weight is 339 g/mol. The summed E-state index contributed by atoms with van der Waals surface area (Å²) in [5.41, 5.74) is 7.58. The standard InChI is InChI=1S/C15H12Cl2N2OS/c16-10-3-1-9(2-4-10)7-14(20)19-13-8-11(17)5-6-12(13)15(18)21/h1-6,8H,7H2,(H2,18,21)(H,19,20). The molecule has 21 heavy (non-hydrogen) atoms. The van der Waals surface area contributed by atoms with Crippen molar-refractivity contribution < 1.29 is 4.79 Å². The minimum atomic E-state index is -0.183. The maximum atomic E-state index is 12.1. The van der Waals surface area contributed by atoms with Crippen molar-refractivity contribution in [3.05, 3.63) is 63.6 Å². The van der Waals surface area contributed by atoms with Gasteiger partial charge in [0.1, 0.15) is 4.99 Å². The topological polar surface area (TPSA) is 55.1 Å². The predicted octanol–water partition coefficient (Wildman–Crippen LogP) is 3.81. The van der Waals surface area contributed by atoms with Crippen molar-refractivity contribution in [3.8, 4) is 0 Å². The van der Waals surface area contributed by atoms with Gasteiger partial charge in [-0.3, -0.25) is 4.79 Å². The van der Waals surface area contributed by atoms with Gasteiger partial charge in [0.25, 0.3) is 0 Å². The Morgan fingerprint density at radius 3 is 2.33 bits per heavy atom. The van der Waals surface area contributed by atoms with Gasteiger partial charge in [-0.1, -0.05) is 47.6 Å². The summed E-state index contributed by atoms with van der Waals surface area (Å²) < 4.78 is 0. The maximum Gasteiger partial charge on any atom is 0.228 e. The van der Waals surface area contributed by atoms with E-state index in [2.05, 4.69) is 5.32 Å². The smallest absolute Gasteiger partial charge is 0.228 e. The molecule has 1 amide bonds. The summed E-state index contributed by atoms with van der Waals surface area (Å²) in [7, 11) is 0. The fraction of sp³-hybridized carbons (Fsp3) is 0.0667. The number of nitrogens with one attached hydrogen (secondary N) is 1. The van der Waals surface area contributed by atoms with E-state index in [0.29, 0.717) is 21.3 Å². The van der Waals surface area contributed by atoms with Crippen LogP contribution in [0, 0.1) is 0 Å². The monoisotopic (exact) mass is 338 g/mol. The van der Waals surface area contributed by atoms with Crippen LogP contribution in [0.3, 0.4) is 0 Å². The summed E-state index contributed by atoms with van der Waals surface area (Å²) in [6.45, 7) is 0. The van der Waals surface area contributed by atoms with Crippen molar-refractivity contribution in [2.75, 3.05) is 5.32 Å². The number of thiocarbonyl (C=S) groups is 1. The van der Waals surface area contributed by atoms with Crippen molar-refractivity contribution in [1.82, 2.24) is 0 Å². The van der Waals surface area contributed by atoms with Crippen LogP contribution < -0.4 is 11.1 Å². The molecule has 3 N–H and O–H groups in total. The van der Waals surface area contributed by atoms with E-state index in [1.807, 2.05) is 0 Å². The van der Waals surface area contributed by atoms with Crippen LogP contribution in [-0.2, 0) is 11.2 Å². The molecule has 0 aliphatic rings. The second kappa shape index (κ2) is 6.89. The molecule has 0 radical (unpaired) electrons. The van der Waals surface area contributed by atoms with Crippen LogP contribution in [0.25, 0.3) is 0 Å². The Morgan fingerprint density at radius 2 is 1.71 bits per heavy atom. The van der Waals surface area contributed by atoms with Crippen molar-refractivity contribution in [3.63, 3.8) is 0 Å². The van der Waals surface area contributed by atoms with E-state index in [-0.39, 0.29) is 17.3 Å². The third-order valence-electron chi connectivity index (χ3n) is 2.80. The van der Waals surface area contributed by atoms with Crippen LogP contribution in [0.15, 0.2) is 42.5 Å². The molecule has 0 unspecified atom stereocenters. The van der Waals surface area contributed by atoms with Crippen molar-refractivity contribution >= 4 is 52.0 Å². The van der Waals surface area contributed by atoms with E-state index in [0.717, 1.165) is 5.56 Å². The molecule has 0 aliphatic heterocycles. The van der Waals surface area contributed by atoms with Gasteiger partial charge in [0.15, 0.2) is 0 Å². The highest BCUT2D eigenvalue weighted by Crippen LogP contribution is 2.21. The number of rotatable bonds is 4. The minimum Gasteiger partial charge on any atom is -0.389 e. The first-order valence-electron chi connectivity index (χ1n) is 6.09. The molecule has 2 aromatic rings. The number of hydrogen-bond donors (Lipinski definition) is 2. The second-order valence-electron chi connectivity index (χ2n) is 4.41. The van der Waals surface area contributed by atoms with Crippen LogP contribution in [0.2, 0.25) is 10.0 Å². The number of halogens is 2. The Balaban J connectivity index is 2.14. The van der Waals surface area contributed by atoms with Crippen LogP contribution in [-0.4, -0.2) is 10.9 Å². The van der Waals surface area contributed by atoms with E-state index in [9.17, 15) is 4.79 Å². The molecule has 0 saturated heterocycles. The number of anilines is 1. The number of carbonyl (C=O) groups excluding carboxylic acids is 1. The van der Waals surface area contributed by atoms with Crippen LogP contribution in [0.1, 0.15) is 11.1 Å². The van der Waals surface area contributed by atoms with E-state index < -0.39 is 0 Å². The van der Waals surface area contributed by atoms with Gasteiger partial charge in [0.2, 0.25) is 5.91 Å². The molecule has 0 saturated carbocycles. The Hall–Kier alpha value is -1.62. The fourth-order valence-electron chi connectivity index (χ4n) is 1.82. The number of amides is 1. The predicted molar refractivity (Wildman–Crippen MR) is 91.1 cm³/mol. The Labute approximate surface area is 138 Å². The summed E-state index contributed by atoms with van der Waals surface area (Å²) in [6, 6.07) is 12.1. The molecule has 0 atom stereocenters.